The molecule has 0 amide bonds. The van der Waals surface area contributed by atoms with Crippen LogP contribution < -0.4 is 10.2 Å². The molecule has 3 rings (SSSR count). The highest BCUT2D eigenvalue weighted by Crippen LogP contribution is 2.27. The summed E-state index contributed by atoms with van der Waals surface area (Å²) in [6.45, 7) is 9.04. The molecular formula is C18H29N3. The largest absolute Gasteiger partial charge is 0.354 e. The Bertz CT molecular complexity index is 481. The van der Waals surface area contributed by atoms with Crippen LogP contribution >= 0.6 is 0 Å². The maximum Gasteiger partial charge on any atom is 0.129 e. The van der Waals surface area contributed by atoms with Crippen molar-refractivity contribution in [1.29, 1.82) is 0 Å². The molecule has 0 radical (unpaired) electrons. The number of anilines is 1. The standard InChI is InChI=1S/C18H29N3/c1-4-16-9-15(11-19-17-7-8-17)10-18(20-16)21-12-13(2)5-6-14(21)3/h9-10,13-14,17,19H,4-8,11-12H2,1-3H3. The molecule has 0 spiro atoms. The van der Waals surface area contributed by atoms with Crippen molar-refractivity contribution in [3.05, 3.63) is 23.4 Å². The summed E-state index contributed by atoms with van der Waals surface area (Å²) < 4.78 is 0. The lowest BCUT2D eigenvalue weighted by atomic mass is 9.95. The number of nitrogens with one attached hydrogen (secondary N) is 1. The second kappa shape index (κ2) is 6.35. The number of pyridine rings is 1. The Kier molecular flexibility index (Phi) is 4.48. The highest BCUT2D eigenvalue weighted by Gasteiger charge is 2.25. The minimum absolute atomic E-state index is 0.616. The van der Waals surface area contributed by atoms with Crippen LogP contribution in [0.25, 0.3) is 0 Å². The average Bonchev–Trinajstić information content (AvgIpc) is 3.31. The van der Waals surface area contributed by atoms with E-state index in [0.29, 0.717) is 6.04 Å². The van der Waals surface area contributed by atoms with Crippen molar-refractivity contribution < 1.29 is 0 Å². The molecule has 1 aliphatic heterocycles. The third-order valence-electron chi connectivity index (χ3n) is 4.87. The van der Waals surface area contributed by atoms with Crippen LogP contribution in [0.1, 0.15) is 57.7 Å². The Labute approximate surface area is 129 Å². The van der Waals surface area contributed by atoms with Crippen molar-refractivity contribution in [3.8, 4) is 0 Å². The number of aryl methyl sites for hydroxylation is 1. The quantitative estimate of drug-likeness (QED) is 0.898. The molecule has 1 aliphatic carbocycles. The van der Waals surface area contributed by atoms with Crippen LogP contribution in [0, 0.1) is 5.92 Å². The average molecular weight is 287 g/mol. The lowest BCUT2D eigenvalue weighted by molar-refractivity contribution is 0.388. The predicted octanol–water partition coefficient (Wildman–Crippen LogP) is 3.52. The summed E-state index contributed by atoms with van der Waals surface area (Å²) in [7, 11) is 0. The second-order valence-corrected chi connectivity index (χ2v) is 7.02. The molecular weight excluding hydrogens is 258 g/mol. The van der Waals surface area contributed by atoms with Gasteiger partial charge in [-0.2, -0.15) is 0 Å². The maximum absolute atomic E-state index is 4.90. The molecule has 116 valence electrons. The van der Waals surface area contributed by atoms with Gasteiger partial charge in [0.2, 0.25) is 0 Å². The van der Waals surface area contributed by atoms with Crippen molar-refractivity contribution in [2.24, 2.45) is 5.92 Å². The maximum atomic E-state index is 4.90. The minimum Gasteiger partial charge on any atom is -0.354 e. The third kappa shape index (κ3) is 3.76. The SMILES string of the molecule is CCc1cc(CNC2CC2)cc(N2CC(C)CCC2C)n1. The zero-order chi connectivity index (χ0) is 14.8. The molecule has 1 N–H and O–H groups in total. The van der Waals surface area contributed by atoms with Gasteiger partial charge in [0, 0.05) is 30.9 Å². The molecule has 1 aromatic rings. The number of aromatic nitrogens is 1. The van der Waals surface area contributed by atoms with E-state index in [4.69, 9.17) is 4.98 Å². The molecule has 3 nitrogen and oxygen atoms in total. The van der Waals surface area contributed by atoms with Gasteiger partial charge < -0.3 is 10.2 Å². The van der Waals surface area contributed by atoms with Gasteiger partial charge in [-0.25, -0.2) is 4.98 Å². The van der Waals surface area contributed by atoms with E-state index >= 15 is 0 Å². The smallest absolute Gasteiger partial charge is 0.129 e. The van der Waals surface area contributed by atoms with E-state index in [0.717, 1.165) is 31.5 Å². The predicted molar refractivity (Wildman–Crippen MR) is 88.7 cm³/mol. The van der Waals surface area contributed by atoms with Gasteiger partial charge in [-0.05, 0) is 62.6 Å². The number of rotatable bonds is 5. The fourth-order valence-corrected chi connectivity index (χ4v) is 3.22. The number of hydrogen-bond donors (Lipinski definition) is 1. The summed E-state index contributed by atoms with van der Waals surface area (Å²) in [5.41, 5.74) is 2.62. The molecule has 0 aromatic carbocycles. The number of hydrogen-bond acceptors (Lipinski definition) is 3. The first kappa shape index (κ1) is 14.8. The third-order valence-corrected chi connectivity index (χ3v) is 4.87. The van der Waals surface area contributed by atoms with Crippen LogP contribution in [0.5, 0.6) is 0 Å². The van der Waals surface area contributed by atoms with Gasteiger partial charge in [-0.3, -0.25) is 0 Å². The molecule has 1 saturated heterocycles. The topological polar surface area (TPSA) is 28.2 Å². The first-order chi connectivity index (χ1) is 10.2. The van der Waals surface area contributed by atoms with E-state index in [-0.39, 0.29) is 0 Å². The Balaban J connectivity index is 1.79. The highest BCUT2D eigenvalue weighted by molar-refractivity contribution is 5.44. The molecule has 2 heterocycles. The Morgan fingerprint density at radius 3 is 2.71 bits per heavy atom. The molecule has 21 heavy (non-hydrogen) atoms. The summed E-state index contributed by atoms with van der Waals surface area (Å²) in [5.74, 6) is 1.97. The summed E-state index contributed by atoms with van der Waals surface area (Å²) in [5, 5.41) is 3.63. The molecule has 1 aromatic heterocycles. The molecule has 3 heteroatoms. The Morgan fingerprint density at radius 1 is 1.19 bits per heavy atom. The van der Waals surface area contributed by atoms with Crippen LogP contribution in [-0.2, 0) is 13.0 Å². The molecule has 2 aliphatic rings. The second-order valence-electron chi connectivity index (χ2n) is 7.02. The number of nitrogens with zero attached hydrogens (tertiary/aromatic N) is 2. The van der Waals surface area contributed by atoms with E-state index in [1.54, 1.807) is 0 Å². The van der Waals surface area contributed by atoms with Crippen molar-refractivity contribution in [2.45, 2.75) is 71.5 Å². The fourth-order valence-electron chi connectivity index (χ4n) is 3.22. The minimum atomic E-state index is 0.616. The van der Waals surface area contributed by atoms with Gasteiger partial charge in [0.15, 0.2) is 0 Å². The Hall–Kier alpha value is -1.09. The molecule has 2 fully saturated rings. The van der Waals surface area contributed by atoms with E-state index in [9.17, 15) is 0 Å². The highest BCUT2D eigenvalue weighted by atomic mass is 15.2. The first-order valence-corrected chi connectivity index (χ1v) is 8.65. The summed E-state index contributed by atoms with van der Waals surface area (Å²) in [6.07, 6.45) is 6.34. The van der Waals surface area contributed by atoms with Crippen LogP contribution in [0.2, 0.25) is 0 Å². The molecule has 2 atom stereocenters. The fraction of sp³-hybridized carbons (Fsp3) is 0.722. The van der Waals surface area contributed by atoms with E-state index in [2.05, 4.69) is 43.1 Å². The van der Waals surface area contributed by atoms with Gasteiger partial charge in [0.05, 0.1) is 0 Å². The van der Waals surface area contributed by atoms with Gasteiger partial charge >= 0.3 is 0 Å². The molecule has 1 saturated carbocycles. The molecule has 2 unspecified atom stereocenters. The van der Waals surface area contributed by atoms with Gasteiger partial charge in [-0.15, -0.1) is 0 Å². The lowest BCUT2D eigenvalue weighted by Crippen LogP contribution is -2.41. The van der Waals surface area contributed by atoms with Crippen molar-refractivity contribution >= 4 is 5.82 Å². The van der Waals surface area contributed by atoms with Gasteiger partial charge in [0.1, 0.15) is 5.82 Å². The lowest BCUT2D eigenvalue weighted by Gasteiger charge is -2.38. The Morgan fingerprint density at radius 2 is 2.00 bits per heavy atom. The van der Waals surface area contributed by atoms with Crippen molar-refractivity contribution in [3.63, 3.8) is 0 Å². The van der Waals surface area contributed by atoms with E-state index in [1.807, 2.05) is 0 Å². The van der Waals surface area contributed by atoms with Crippen molar-refractivity contribution in [2.75, 3.05) is 11.4 Å². The van der Waals surface area contributed by atoms with E-state index in [1.165, 1.54) is 42.8 Å². The van der Waals surface area contributed by atoms with Gasteiger partial charge in [0.25, 0.3) is 0 Å². The van der Waals surface area contributed by atoms with Crippen LogP contribution in [-0.4, -0.2) is 23.6 Å². The van der Waals surface area contributed by atoms with Gasteiger partial charge in [-0.1, -0.05) is 13.8 Å². The zero-order valence-electron chi connectivity index (χ0n) is 13.7. The first-order valence-electron chi connectivity index (χ1n) is 8.65. The summed E-state index contributed by atoms with van der Waals surface area (Å²) in [4.78, 5) is 7.42. The van der Waals surface area contributed by atoms with Crippen molar-refractivity contribution in [1.82, 2.24) is 10.3 Å². The van der Waals surface area contributed by atoms with Crippen LogP contribution in [0.3, 0.4) is 0 Å². The zero-order valence-corrected chi connectivity index (χ0v) is 13.7. The normalized spacial score (nSPS) is 26.1. The summed E-state index contributed by atoms with van der Waals surface area (Å²) in [6, 6.07) is 5.96. The monoisotopic (exact) mass is 287 g/mol. The van der Waals surface area contributed by atoms with E-state index < -0.39 is 0 Å². The number of piperidine rings is 1. The van der Waals surface area contributed by atoms with Crippen LogP contribution in [0.4, 0.5) is 5.82 Å². The molecule has 0 bridgehead atoms. The summed E-state index contributed by atoms with van der Waals surface area (Å²) >= 11 is 0. The van der Waals surface area contributed by atoms with Crippen LogP contribution in [0.15, 0.2) is 12.1 Å².